The normalized spacial score (nSPS) is 38.2. The average Bonchev–Trinajstić information content (AvgIpc) is 2.84. The van der Waals surface area contributed by atoms with Gasteiger partial charge in [0.1, 0.15) is 6.10 Å². The topological polar surface area (TPSA) is 67.6 Å². The number of nitrogens with one attached hydrogen (secondary N) is 1. The van der Waals surface area contributed by atoms with Gasteiger partial charge < -0.3 is 9.47 Å². The monoisotopic (exact) mass is 270 g/mol. The number of carbonyl (C=O) groups is 2. The van der Waals surface area contributed by atoms with E-state index in [1.54, 1.807) is 0 Å². The number of ether oxygens (including phenoxy) is 2. The number of likely N-dealkylation sites (N-methyl/N-ethyl adjacent to an activating group) is 1. The Labute approximate surface area is 113 Å². The van der Waals surface area contributed by atoms with Crippen LogP contribution in [0, 0.1) is 5.41 Å². The van der Waals surface area contributed by atoms with Gasteiger partial charge in [0.25, 0.3) is 0 Å². The van der Waals surface area contributed by atoms with Gasteiger partial charge >= 0.3 is 12.1 Å². The zero-order chi connectivity index (χ0) is 14.4. The molecule has 2 saturated heterocycles. The Hall–Kier alpha value is -1.30. The maximum absolute atomic E-state index is 11.7. The molecule has 2 aliphatic heterocycles. The lowest BCUT2D eigenvalue weighted by Gasteiger charge is -2.27. The standard InChI is InChI=1S/C13H22N2O4/c1-8(16)19-9-6-7-18-11(17)14-13(9)10(15(13)5)12(2,3)4/h9-10H,6-7H2,1-5H3,(H,14,17)/t9-,10-,13?,15?/m1/s1. The number of alkyl carbamates (subject to hydrolysis) is 1. The molecule has 2 rings (SSSR count). The summed E-state index contributed by atoms with van der Waals surface area (Å²) in [6, 6.07) is 0.106. The number of rotatable bonds is 1. The number of nitrogens with zero attached hydrogens (tertiary/aromatic N) is 1. The molecule has 2 heterocycles. The molecule has 0 radical (unpaired) electrons. The summed E-state index contributed by atoms with van der Waals surface area (Å²) in [4.78, 5) is 25.0. The summed E-state index contributed by atoms with van der Waals surface area (Å²) in [5, 5.41) is 2.88. The number of amides is 1. The quantitative estimate of drug-likeness (QED) is 0.571. The minimum absolute atomic E-state index is 0.0369. The van der Waals surface area contributed by atoms with Gasteiger partial charge in [-0.25, -0.2) is 4.79 Å². The molecule has 0 aromatic heterocycles. The molecular weight excluding hydrogens is 248 g/mol. The lowest BCUT2D eigenvalue weighted by Crippen LogP contribution is -2.51. The first-order valence-corrected chi connectivity index (χ1v) is 6.54. The minimum atomic E-state index is -0.641. The summed E-state index contributed by atoms with van der Waals surface area (Å²) >= 11 is 0. The highest BCUT2D eigenvalue weighted by Gasteiger charge is 2.71. The van der Waals surface area contributed by atoms with Gasteiger partial charge in [0.15, 0.2) is 5.66 Å². The number of carbonyl (C=O) groups excluding carboxylic acids is 2. The summed E-state index contributed by atoms with van der Waals surface area (Å²) < 4.78 is 10.4. The van der Waals surface area contributed by atoms with E-state index in [1.165, 1.54) is 6.92 Å². The molecular formula is C13H22N2O4. The van der Waals surface area contributed by atoms with Gasteiger partial charge in [0.05, 0.1) is 12.6 Å². The predicted octanol–water partition coefficient (Wildman–Crippen LogP) is 1.10. The number of hydrogen-bond acceptors (Lipinski definition) is 5. The number of esters is 1. The molecule has 4 atom stereocenters. The molecule has 2 aliphatic rings. The van der Waals surface area contributed by atoms with Crippen LogP contribution in [-0.2, 0) is 14.3 Å². The van der Waals surface area contributed by atoms with Crippen molar-refractivity contribution < 1.29 is 19.1 Å². The van der Waals surface area contributed by atoms with E-state index < -0.39 is 11.8 Å². The van der Waals surface area contributed by atoms with Crippen molar-refractivity contribution in [3.05, 3.63) is 0 Å². The van der Waals surface area contributed by atoms with Crippen LogP contribution in [0.5, 0.6) is 0 Å². The first-order valence-electron chi connectivity index (χ1n) is 6.54. The highest BCUT2D eigenvalue weighted by atomic mass is 16.6. The highest BCUT2D eigenvalue weighted by molar-refractivity contribution is 5.71. The lowest BCUT2D eigenvalue weighted by atomic mass is 9.85. The molecule has 1 N–H and O–H groups in total. The Kier molecular flexibility index (Phi) is 3.24. The zero-order valence-electron chi connectivity index (χ0n) is 12.1. The van der Waals surface area contributed by atoms with Gasteiger partial charge in [-0.1, -0.05) is 20.8 Å². The summed E-state index contributed by atoms with van der Waals surface area (Å²) in [5.74, 6) is -0.339. The van der Waals surface area contributed by atoms with Crippen LogP contribution < -0.4 is 5.32 Å². The fourth-order valence-corrected chi connectivity index (χ4v) is 3.35. The zero-order valence-corrected chi connectivity index (χ0v) is 12.1. The Morgan fingerprint density at radius 1 is 1.53 bits per heavy atom. The van der Waals surface area contributed by atoms with Crippen LogP contribution >= 0.6 is 0 Å². The molecule has 2 fully saturated rings. The van der Waals surface area contributed by atoms with Gasteiger partial charge in [-0.3, -0.25) is 15.0 Å². The average molecular weight is 270 g/mol. The minimum Gasteiger partial charge on any atom is -0.458 e. The molecule has 108 valence electrons. The molecule has 1 spiro atoms. The van der Waals surface area contributed by atoms with E-state index in [9.17, 15) is 9.59 Å². The van der Waals surface area contributed by atoms with Crippen LogP contribution in [0.4, 0.5) is 4.79 Å². The van der Waals surface area contributed by atoms with Gasteiger partial charge in [0.2, 0.25) is 0 Å². The van der Waals surface area contributed by atoms with Crippen molar-refractivity contribution in [1.29, 1.82) is 0 Å². The maximum Gasteiger partial charge on any atom is 0.408 e. The highest BCUT2D eigenvalue weighted by Crippen LogP contribution is 2.51. The van der Waals surface area contributed by atoms with Crippen LogP contribution in [0.3, 0.4) is 0 Å². The fourth-order valence-electron chi connectivity index (χ4n) is 3.35. The summed E-state index contributed by atoms with van der Waals surface area (Å²) in [6.07, 6.45) is -0.325. The van der Waals surface area contributed by atoms with Crippen LogP contribution in [-0.4, -0.2) is 48.4 Å². The number of hydrogen-bond donors (Lipinski definition) is 1. The lowest BCUT2D eigenvalue weighted by molar-refractivity contribution is -0.149. The van der Waals surface area contributed by atoms with E-state index in [0.717, 1.165) is 0 Å². The van der Waals surface area contributed by atoms with Crippen molar-refractivity contribution in [3.63, 3.8) is 0 Å². The van der Waals surface area contributed by atoms with Crippen molar-refractivity contribution in [1.82, 2.24) is 10.2 Å². The summed E-state index contributed by atoms with van der Waals surface area (Å²) in [6.45, 7) is 7.95. The summed E-state index contributed by atoms with van der Waals surface area (Å²) in [5.41, 5.74) is -0.678. The predicted molar refractivity (Wildman–Crippen MR) is 68.4 cm³/mol. The molecule has 0 saturated carbocycles. The smallest absolute Gasteiger partial charge is 0.408 e. The Morgan fingerprint density at radius 3 is 2.63 bits per heavy atom. The van der Waals surface area contributed by atoms with Gasteiger partial charge in [-0.05, 0) is 12.5 Å². The van der Waals surface area contributed by atoms with Crippen molar-refractivity contribution in [2.24, 2.45) is 5.41 Å². The van der Waals surface area contributed by atoms with Crippen LogP contribution in [0.15, 0.2) is 0 Å². The van der Waals surface area contributed by atoms with E-state index in [1.807, 2.05) is 11.9 Å². The largest absolute Gasteiger partial charge is 0.458 e. The van der Waals surface area contributed by atoms with Crippen molar-refractivity contribution in [2.45, 2.75) is 51.9 Å². The molecule has 6 heteroatoms. The second kappa shape index (κ2) is 4.37. The molecule has 0 aromatic carbocycles. The van der Waals surface area contributed by atoms with Gasteiger partial charge in [-0.2, -0.15) is 0 Å². The molecule has 0 aromatic rings. The van der Waals surface area contributed by atoms with Gasteiger partial charge in [0, 0.05) is 13.3 Å². The Morgan fingerprint density at radius 2 is 2.16 bits per heavy atom. The molecule has 1 amide bonds. The summed E-state index contributed by atoms with van der Waals surface area (Å²) in [7, 11) is 1.93. The second-order valence-corrected chi connectivity index (χ2v) is 6.35. The van der Waals surface area contributed by atoms with E-state index in [2.05, 4.69) is 26.1 Å². The van der Waals surface area contributed by atoms with E-state index in [4.69, 9.17) is 9.47 Å². The fraction of sp³-hybridized carbons (Fsp3) is 0.846. The second-order valence-electron chi connectivity index (χ2n) is 6.35. The van der Waals surface area contributed by atoms with Crippen LogP contribution in [0.25, 0.3) is 0 Å². The van der Waals surface area contributed by atoms with Crippen molar-refractivity contribution in [2.75, 3.05) is 13.7 Å². The SMILES string of the molecule is CC(=O)O[C@@H]1CCOC(=O)NC12[C@@H](C(C)(C)C)N2C. The van der Waals surface area contributed by atoms with Crippen LogP contribution in [0.1, 0.15) is 34.1 Å². The molecule has 2 unspecified atom stereocenters. The molecule has 0 bridgehead atoms. The maximum atomic E-state index is 11.7. The van der Waals surface area contributed by atoms with Crippen molar-refractivity contribution >= 4 is 12.1 Å². The third kappa shape index (κ3) is 2.29. The third-order valence-electron chi connectivity index (χ3n) is 3.85. The van der Waals surface area contributed by atoms with E-state index in [0.29, 0.717) is 6.42 Å². The molecule has 0 aliphatic carbocycles. The first-order chi connectivity index (χ1) is 8.69. The van der Waals surface area contributed by atoms with E-state index >= 15 is 0 Å². The third-order valence-corrected chi connectivity index (χ3v) is 3.85. The van der Waals surface area contributed by atoms with Crippen LogP contribution in [0.2, 0.25) is 0 Å². The van der Waals surface area contributed by atoms with Gasteiger partial charge in [-0.15, -0.1) is 0 Å². The molecule has 19 heavy (non-hydrogen) atoms. The Balaban J connectivity index is 2.31. The number of cyclic esters (lactones) is 1. The first kappa shape index (κ1) is 14.1. The molecule has 6 nitrogen and oxygen atoms in total. The Bertz CT molecular complexity index is 404. The van der Waals surface area contributed by atoms with E-state index in [-0.39, 0.29) is 30.1 Å². The van der Waals surface area contributed by atoms with Crippen molar-refractivity contribution in [3.8, 4) is 0 Å².